The van der Waals surface area contributed by atoms with Crippen LogP contribution < -0.4 is 4.74 Å². The number of hydrogen-bond donors (Lipinski definition) is 0. The van der Waals surface area contributed by atoms with Crippen molar-refractivity contribution in [3.05, 3.63) is 105 Å². The van der Waals surface area contributed by atoms with Crippen molar-refractivity contribution in [2.75, 3.05) is 13.2 Å². The van der Waals surface area contributed by atoms with E-state index in [9.17, 15) is 34.1 Å². The molecule has 0 radical (unpaired) electrons. The second-order valence-electron chi connectivity index (χ2n) is 7.86. The minimum absolute atomic E-state index is 0.110. The molecule has 0 aromatic heterocycles. The highest BCUT2D eigenvalue weighted by Gasteiger charge is 2.35. The third-order valence-electron chi connectivity index (χ3n) is 5.48. The summed E-state index contributed by atoms with van der Waals surface area (Å²) in [5, 5.41) is 10.7. The van der Waals surface area contributed by atoms with E-state index in [2.05, 4.69) is 0 Å². The minimum Gasteiger partial charge on any atom is -0.457 e. The Morgan fingerprint density at radius 2 is 1.38 bits per heavy atom. The number of hydrogen-bond acceptors (Lipinski definition) is 9. The van der Waals surface area contributed by atoms with Gasteiger partial charge >= 0.3 is 11.9 Å². The van der Waals surface area contributed by atoms with Crippen LogP contribution in [-0.4, -0.2) is 52.5 Å². The molecule has 0 aliphatic carbocycles. The summed E-state index contributed by atoms with van der Waals surface area (Å²) >= 11 is 0. The summed E-state index contributed by atoms with van der Waals surface area (Å²) in [4.78, 5) is 72.3. The van der Waals surface area contributed by atoms with E-state index < -0.39 is 41.1 Å². The van der Waals surface area contributed by atoms with E-state index in [0.717, 1.165) is 4.90 Å². The van der Waals surface area contributed by atoms with E-state index in [1.165, 1.54) is 60.7 Å². The molecule has 3 aromatic carbocycles. The quantitative estimate of drug-likeness (QED) is 0.107. The number of rotatable bonds is 9. The molecular formula is C26H18N2O9. The number of benzene rings is 3. The summed E-state index contributed by atoms with van der Waals surface area (Å²) in [6.45, 7) is -0.725. The third-order valence-corrected chi connectivity index (χ3v) is 5.48. The molecule has 2 amide bonds. The molecule has 0 saturated heterocycles. The Balaban J connectivity index is 1.24. The highest BCUT2D eigenvalue weighted by Crippen LogP contribution is 2.22. The van der Waals surface area contributed by atoms with E-state index in [-0.39, 0.29) is 46.7 Å². The number of carbonyl (C=O) groups is 5. The second kappa shape index (κ2) is 10.6. The standard InChI is InChI=1S/C26H18N2O9/c29-22(15-36-23(30)13-14-27-24(31)20-3-1-2-4-21(20)25(27)32)16-7-11-19(12-8-16)37-26(33)17-5-9-18(10-6-17)28(34)35/h1-12H,13-15H2. The number of esters is 2. The zero-order chi connectivity index (χ0) is 26.5. The van der Waals surface area contributed by atoms with Crippen LogP contribution in [0.5, 0.6) is 5.75 Å². The van der Waals surface area contributed by atoms with E-state index >= 15 is 0 Å². The molecule has 0 spiro atoms. The van der Waals surface area contributed by atoms with Gasteiger partial charge in [-0.15, -0.1) is 0 Å². The highest BCUT2D eigenvalue weighted by atomic mass is 16.6. The van der Waals surface area contributed by atoms with Crippen molar-refractivity contribution in [1.29, 1.82) is 0 Å². The number of Topliss-reactive ketones (excluding diaryl/α,β-unsaturated/α-hetero) is 1. The molecule has 1 aliphatic rings. The number of imide groups is 1. The SMILES string of the molecule is O=C(CCN1C(=O)c2ccccc2C1=O)OCC(=O)c1ccc(OC(=O)c2ccc([N+](=O)[O-])cc2)cc1. The van der Waals surface area contributed by atoms with Gasteiger partial charge in [-0.2, -0.15) is 0 Å². The molecule has 3 aromatic rings. The Bertz CT molecular complexity index is 1380. The van der Waals surface area contributed by atoms with Gasteiger partial charge in [-0.3, -0.25) is 34.2 Å². The fourth-order valence-corrected chi connectivity index (χ4v) is 3.54. The topological polar surface area (TPSA) is 150 Å². The number of nitro groups is 1. The van der Waals surface area contributed by atoms with Crippen molar-refractivity contribution >= 4 is 35.2 Å². The van der Waals surface area contributed by atoms with Crippen LogP contribution in [0.4, 0.5) is 5.69 Å². The van der Waals surface area contributed by atoms with Gasteiger partial charge in [0, 0.05) is 24.2 Å². The van der Waals surface area contributed by atoms with Crippen LogP contribution in [0.2, 0.25) is 0 Å². The molecule has 186 valence electrons. The number of carbonyl (C=O) groups excluding carboxylic acids is 5. The van der Waals surface area contributed by atoms with Gasteiger partial charge in [-0.25, -0.2) is 4.79 Å². The van der Waals surface area contributed by atoms with Crippen LogP contribution in [0.15, 0.2) is 72.8 Å². The Morgan fingerprint density at radius 3 is 1.95 bits per heavy atom. The number of non-ortho nitro benzene ring substituents is 1. The van der Waals surface area contributed by atoms with Crippen molar-refractivity contribution in [3.8, 4) is 5.75 Å². The molecule has 0 fully saturated rings. The van der Waals surface area contributed by atoms with Gasteiger partial charge in [-0.1, -0.05) is 12.1 Å². The maximum absolute atomic E-state index is 12.3. The average molecular weight is 502 g/mol. The summed E-state index contributed by atoms with van der Waals surface area (Å²) < 4.78 is 10.2. The molecule has 4 rings (SSSR count). The van der Waals surface area contributed by atoms with Crippen LogP contribution in [0.1, 0.15) is 47.9 Å². The maximum Gasteiger partial charge on any atom is 0.343 e. The van der Waals surface area contributed by atoms with Crippen molar-refractivity contribution in [2.24, 2.45) is 0 Å². The van der Waals surface area contributed by atoms with E-state index in [1.807, 2.05) is 0 Å². The van der Waals surface area contributed by atoms with Gasteiger partial charge < -0.3 is 9.47 Å². The molecule has 11 heteroatoms. The number of amides is 2. The fraction of sp³-hybridized carbons (Fsp3) is 0.115. The average Bonchev–Trinajstić information content (AvgIpc) is 3.15. The number of nitro benzene ring substituents is 1. The lowest BCUT2D eigenvalue weighted by molar-refractivity contribution is -0.384. The van der Waals surface area contributed by atoms with Crippen molar-refractivity contribution in [2.45, 2.75) is 6.42 Å². The fourth-order valence-electron chi connectivity index (χ4n) is 3.54. The smallest absolute Gasteiger partial charge is 0.343 e. The third kappa shape index (κ3) is 5.56. The first-order chi connectivity index (χ1) is 17.7. The van der Waals surface area contributed by atoms with Crippen molar-refractivity contribution in [1.82, 2.24) is 4.90 Å². The molecule has 0 atom stereocenters. The van der Waals surface area contributed by atoms with Gasteiger partial charge in [0.05, 0.1) is 28.0 Å². The first-order valence-corrected chi connectivity index (χ1v) is 11.0. The zero-order valence-electron chi connectivity index (χ0n) is 19.1. The molecule has 0 saturated carbocycles. The first-order valence-electron chi connectivity index (χ1n) is 11.0. The van der Waals surface area contributed by atoms with E-state index in [1.54, 1.807) is 12.1 Å². The van der Waals surface area contributed by atoms with Crippen LogP contribution in [0.3, 0.4) is 0 Å². The normalized spacial score (nSPS) is 12.2. The number of ketones is 1. The summed E-state index contributed by atoms with van der Waals surface area (Å²) in [7, 11) is 0. The van der Waals surface area contributed by atoms with Crippen molar-refractivity contribution < 1.29 is 38.4 Å². The summed E-state index contributed by atoms with van der Waals surface area (Å²) in [6, 6.07) is 16.8. The van der Waals surface area contributed by atoms with Gasteiger partial charge in [0.15, 0.2) is 12.4 Å². The Labute approximate surface area is 209 Å². The molecule has 0 bridgehead atoms. The largest absolute Gasteiger partial charge is 0.457 e. The van der Waals surface area contributed by atoms with Gasteiger partial charge in [0.2, 0.25) is 0 Å². The lowest BCUT2D eigenvalue weighted by atomic mass is 10.1. The molecule has 1 aliphatic heterocycles. The van der Waals surface area contributed by atoms with E-state index in [0.29, 0.717) is 0 Å². The Kier molecular flexibility index (Phi) is 7.14. The number of fused-ring (bicyclic) bond motifs is 1. The Morgan fingerprint density at radius 1 is 0.811 bits per heavy atom. The molecular weight excluding hydrogens is 484 g/mol. The minimum atomic E-state index is -0.751. The Hall–Kier alpha value is -5.19. The highest BCUT2D eigenvalue weighted by molar-refractivity contribution is 6.21. The molecule has 1 heterocycles. The molecule has 11 nitrogen and oxygen atoms in total. The summed E-state index contributed by atoms with van der Waals surface area (Å²) in [5.74, 6) is -2.84. The first kappa shape index (κ1) is 24.9. The molecule has 0 N–H and O–H groups in total. The monoisotopic (exact) mass is 502 g/mol. The zero-order valence-corrected chi connectivity index (χ0v) is 19.1. The van der Waals surface area contributed by atoms with Gasteiger partial charge in [0.1, 0.15) is 5.75 Å². The lowest BCUT2D eigenvalue weighted by Gasteiger charge is -2.13. The summed E-state index contributed by atoms with van der Waals surface area (Å²) in [6.07, 6.45) is -0.268. The molecule has 0 unspecified atom stereocenters. The van der Waals surface area contributed by atoms with Gasteiger partial charge in [-0.05, 0) is 48.5 Å². The van der Waals surface area contributed by atoms with E-state index in [4.69, 9.17) is 9.47 Å². The number of ether oxygens (including phenoxy) is 2. The van der Waals surface area contributed by atoms with Crippen molar-refractivity contribution in [3.63, 3.8) is 0 Å². The van der Waals surface area contributed by atoms with Crippen LogP contribution in [0, 0.1) is 10.1 Å². The predicted octanol–water partition coefficient (Wildman–Crippen LogP) is 3.23. The maximum atomic E-state index is 12.3. The van der Waals surface area contributed by atoms with Crippen LogP contribution >= 0.6 is 0 Å². The lowest BCUT2D eigenvalue weighted by Crippen LogP contribution is -2.32. The van der Waals surface area contributed by atoms with Gasteiger partial charge in [0.25, 0.3) is 17.5 Å². The predicted molar refractivity (Wildman–Crippen MR) is 126 cm³/mol. The second-order valence-corrected chi connectivity index (χ2v) is 7.86. The van der Waals surface area contributed by atoms with Crippen LogP contribution in [0.25, 0.3) is 0 Å². The summed E-state index contributed by atoms with van der Waals surface area (Å²) in [5.41, 5.74) is 0.696. The number of nitrogens with zero attached hydrogens (tertiary/aromatic N) is 2. The molecule has 37 heavy (non-hydrogen) atoms. The van der Waals surface area contributed by atoms with Crippen LogP contribution in [-0.2, 0) is 9.53 Å².